The number of nitrogens with zero attached hydrogens (tertiary/aromatic N) is 2. The van der Waals surface area contributed by atoms with E-state index in [1.165, 1.54) is 12.8 Å². The topological polar surface area (TPSA) is 55.5 Å². The van der Waals surface area contributed by atoms with Gasteiger partial charge in [-0.15, -0.1) is 10.3 Å². The third-order valence-electron chi connectivity index (χ3n) is 4.97. The fourth-order valence-electron chi connectivity index (χ4n) is 3.52. The van der Waals surface area contributed by atoms with E-state index in [2.05, 4.69) is 5.32 Å². The number of hydroxylamine groups is 2. The van der Waals surface area contributed by atoms with Gasteiger partial charge < -0.3 is 10.2 Å². The highest BCUT2D eigenvalue weighted by Gasteiger charge is 2.55. The molecule has 0 saturated carbocycles. The number of hydrogen-bond acceptors (Lipinski definition) is 3. The smallest absolute Gasteiger partial charge is 0.227 e. The molecule has 1 saturated heterocycles. The highest BCUT2D eigenvalue weighted by Crippen LogP contribution is 2.44. The molecule has 0 bridgehead atoms. The van der Waals surface area contributed by atoms with Gasteiger partial charge in [0.05, 0.1) is 11.5 Å². The van der Waals surface area contributed by atoms with Crippen molar-refractivity contribution in [3.63, 3.8) is 0 Å². The second-order valence-corrected chi connectivity index (χ2v) is 7.79. The second-order valence-electron chi connectivity index (χ2n) is 7.79. The van der Waals surface area contributed by atoms with Crippen LogP contribution in [-0.4, -0.2) is 54.1 Å². The number of unbranched alkanes of at least 4 members (excludes halogenated alkanes) is 3. The zero-order chi connectivity index (χ0) is 17.0. The minimum atomic E-state index is -0.623. The summed E-state index contributed by atoms with van der Waals surface area (Å²) in [6.07, 6.45) is 5.19. The molecule has 5 heteroatoms. The van der Waals surface area contributed by atoms with Crippen molar-refractivity contribution in [2.24, 2.45) is 5.92 Å². The Morgan fingerprint density at radius 3 is 2.27 bits per heavy atom. The van der Waals surface area contributed by atoms with E-state index in [0.29, 0.717) is 6.42 Å². The maximum Gasteiger partial charge on any atom is 0.227 e. The van der Waals surface area contributed by atoms with Gasteiger partial charge in [-0.25, -0.2) is 0 Å². The standard InChI is InChI=1S/C17H34N3O2/c1-16(2)13-14(17(3,4)20(16)22)15(21)19(6)12-10-8-7-9-11-18-5/h14,18H,7-13H2,1-6H3. The summed E-state index contributed by atoms with van der Waals surface area (Å²) in [5.74, 6) is -0.0964. The monoisotopic (exact) mass is 312 g/mol. The molecule has 1 atom stereocenters. The number of rotatable bonds is 8. The van der Waals surface area contributed by atoms with Gasteiger partial charge in [0.15, 0.2) is 0 Å². The first-order chi connectivity index (χ1) is 10.1. The summed E-state index contributed by atoms with van der Waals surface area (Å²) < 4.78 is 0. The number of carbonyl (C=O) groups excluding carboxylic acids is 1. The van der Waals surface area contributed by atoms with Crippen molar-refractivity contribution in [1.82, 2.24) is 15.3 Å². The van der Waals surface area contributed by atoms with Gasteiger partial charge in [-0.1, -0.05) is 12.8 Å². The molecule has 5 nitrogen and oxygen atoms in total. The molecular formula is C17H34N3O2. The fourth-order valence-corrected chi connectivity index (χ4v) is 3.52. The van der Waals surface area contributed by atoms with E-state index in [9.17, 15) is 10.0 Å². The molecule has 1 N–H and O–H groups in total. The average Bonchev–Trinajstić information content (AvgIpc) is 2.61. The molecule has 1 amide bonds. The summed E-state index contributed by atoms with van der Waals surface area (Å²) in [4.78, 5) is 14.5. The van der Waals surface area contributed by atoms with Gasteiger partial charge in [-0.2, -0.15) is 0 Å². The zero-order valence-corrected chi connectivity index (χ0v) is 15.2. The molecule has 0 aromatic heterocycles. The second kappa shape index (κ2) is 7.75. The third kappa shape index (κ3) is 4.43. The van der Waals surface area contributed by atoms with E-state index in [1.54, 1.807) is 0 Å². The van der Waals surface area contributed by atoms with E-state index in [0.717, 1.165) is 31.0 Å². The first kappa shape index (κ1) is 19.4. The van der Waals surface area contributed by atoms with Crippen LogP contribution in [0, 0.1) is 5.92 Å². The van der Waals surface area contributed by atoms with Crippen molar-refractivity contribution >= 4 is 5.91 Å². The zero-order valence-electron chi connectivity index (χ0n) is 15.2. The molecule has 0 aromatic carbocycles. The molecule has 0 aliphatic carbocycles. The molecule has 1 heterocycles. The van der Waals surface area contributed by atoms with Crippen LogP contribution in [0.3, 0.4) is 0 Å². The largest absolute Gasteiger partial charge is 0.345 e. The van der Waals surface area contributed by atoms with Gasteiger partial charge in [-0.3, -0.25) is 4.79 Å². The van der Waals surface area contributed by atoms with Gasteiger partial charge in [0.1, 0.15) is 0 Å². The Labute approximate surface area is 136 Å². The van der Waals surface area contributed by atoms with Crippen molar-refractivity contribution in [2.45, 2.75) is 70.9 Å². The lowest BCUT2D eigenvalue weighted by Gasteiger charge is -2.34. The fraction of sp³-hybridized carbons (Fsp3) is 0.941. The number of nitrogens with one attached hydrogen (secondary N) is 1. The average molecular weight is 312 g/mol. The lowest BCUT2D eigenvalue weighted by atomic mass is 9.86. The SMILES string of the molecule is CNCCCCCCN(C)C(=O)C1CC(C)(C)N([O])C1(C)C. The molecule has 0 spiro atoms. The van der Waals surface area contributed by atoms with Crippen LogP contribution in [0.4, 0.5) is 0 Å². The van der Waals surface area contributed by atoms with Gasteiger partial charge >= 0.3 is 0 Å². The first-order valence-corrected chi connectivity index (χ1v) is 8.51. The number of amides is 1. The van der Waals surface area contributed by atoms with Crippen molar-refractivity contribution in [1.29, 1.82) is 0 Å². The van der Waals surface area contributed by atoms with E-state index < -0.39 is 11.1 Å². The van der Waals surface area contributed by atoms with Crippen LogP contribution in [0.15, 0.2) is 0 Å². The van der Waals surface area contributed by atoms with Crippen LogP contribution in [-0.2, 0) is 10.0 Å². The summed E-state index contributed by atoms with van der Waals surface area (Å²) in [6.45, 7) is 9.48. The molecule has 0 aromatic rings. The molecular weight excluding hydrogens is 278 g/mol. The highest BCUT2D eigenvalue weighted by molar-refractivity contribution is 5.80. The molecule has 129 valence electrons. The lowest BCUT2D eigenvalue weighted by molar-refractivity contribution is -0.248. The van der Waals surface area contributed by atoms with Crippen molar-refractivity contribution < 1.29 is 10.0 Å². The van der Waals surface area contributed by atoms with E-state index in [1.807, 2.05) is 46.7 Å². The maximum atomic E-state index is 12.7. The molecule has 22 heavy (non-hydrogen) atoms. The summed E-state index contributed by atoms with van der Waals surface area (Å²) in [5, 5.41) is 16.7. The maximum absolute atomic E-state index is 12.7. The molecule has 1 radical (unpaired) electrons. The van der Waals surface area contributed by atoms with E-state index in [-0.39, 0.29) is 11.8 Å². The molecule has 1 fully saturated rings. The van der Waals surface area contributed by atoms with E-state index in [4.69, 9.17) is 0 Å². The van der Waals surface area contributed by atoms with Gasteiger partial charge in [0.2, 0.25) is 5.91 Å². The summed E-state index contributed by atoms with van der Waals surface area (Å²) in [6, 6.07) is 0. The Morgan fingerprint density at radius 1 is 1.18 bits per heavy atom. The summed E-state index contributed by atoms with van der Waals surface area (Å²) >= 11 is 0. The Balaban J connectivity index is 2.46. The minimum Gasteiger partial charge on any atom is -0.345 e. The van der Waals surface area contributed by atoms with Crippen molar-refractivity contribution in [3.05, 3.63) is 0 Å². The Bertz CT molecular complexity index is 369. The molecule has 1 aliphatic heterocycles. The number of carbonyl (C=O) groups is 1. The number of hydrogen-bond donors (Lipinski definition) is 1. The molecule has 1 rings (SSSR count). The minimum absolute atomic E-state index is 0.117. The Hall–Kier alpha value is -0.650. The van der Waals surface area contributed by atoms with Crippen LogP contribution >= 0.6 is 0 Å². The van der Waals surface area contributed by atoms with Gasteiger partial charge in [-0.05, 0) is 60.5 Å². The third-order valence-corrected chi connectivity index (χ3v) is 4.97. The van der Waals surface area contributed by atoms with Crippen molar-refractivity contribution in [3.8, 4) is 0 Å². The summed E-state index contributed by atoms with van der Waals surface area (Å²) in [7, 11) is 3.84. The summed E-state index contributed by atoms with van der Waals surface area (Å²) in [5.41, 5.74) is -1.08. The van der Waals surface area contributed by atoms with Crippen LogP contribution < -0.4 is 5.32 Å². The van der Waals surface area contributed by atoms with Crippen LogP contribution in [0.5, 0.6) is 0 Å². The molecule has 1 aliphatic rings. The van der Waals surface area contributed by atoms with Gasteiger partial charge in [0.25, 0.3) is 0 Å². The molecule has 1 unspecified atom stereocenters. The van der Waals surface area contributed by atoms with Crippen LogP contribution in [0.1, 0.15) is 59.8 Å². The highest BCUT2D eigenvalue weighted by atomic mass is 16.5. The predicted octanol–water partition coefficient (Wildman–Crippen LogP) is 2.45. The lowest BCUT2D eigenvalue weighted by Crippen LogP contribution is -2.49. The van der Waals surface area contributed by atoms with E-state index >= 15 is 0 Å². The van der Waals surface area contributed by atoms with Crippen LogP contribution in [0.2, 0.25) is 0 Å². The Kier molecular flexibility index (Phi) is 6.84. The normalized spacial score (nSPS) is 23.7. The quantitative estimate of drug-likeness (QED) is 0.700. The predicted molar refractivity (Wildman–Crippen MR) is 88.8 cm³/mol. The van der Waals surface area contributed by atoms with Gasteiger partial charge in [0, 0.05) is 19.1 Å². The first-order valence-electron chi connectivity index (χ1n) is 8.51. The Morgan fingerprint density at radius 2 is 1.77 bits per heavy atom. The van der Waals surface area contributed by atoms with Crippen LogP contribution in [0.25, 0.3) is 0 Å². The van der Waals surface area contributed by atoms with Crippen molar-refractivity contribution in [2.75, 3.05) is 27.2 Å².